The summed E-state index contributed by atoms with van der Waals surface area (Å²) in [5.41, 5.74) is 2.24. The van der Waals surface area contributed by atoms with Crippen LogP contribution in [0.5, 0.6) is 5.75 Å². The number of hydrogen-bond acceptors (Lipinski definition) is 4. The Morgan fingerprint density at radius 2 is 2.00 bits per heavy atom. The van der Waals surface area contributed by atoms with E-state index >= 15 is 0 Å². The zero-order valence-electron chi connectivity index (χ0n) is 13.9. The van der Waals surface area contributed by atoms with Gasteiger partial charge in [0.2, 0.25) is 0 Å². The van der Waals surface area contributed by atoms with Gasteiger partial charge in [-0.1, -0.05) is 6.07 Å². The van der Waals surface area contributed by atoms with Crippen molar-refractivity contribution in [3.05, 3.63) is 58.9 Å². The summed E-state index contributed by atoms with van der Waals surface area (Å²) in [6.07, 6.45) is 2.31. The number of aryl methyl sites for hydroxylation is 1. The van der Waals surface area contributed by atoms with Crippen molar-refractivity contribution >= 4 is 11.9 Å². The van der Waals surface area contributed by atoms with Gasteiger partial charge in [-0.25, -0.2) is 4.79 Å². The zero-order chi connectivity index (χ0) is 17.7. The molecule has 0 bridgehead atoms. The quantitative estimate of drug-likeness (QED) is 0.850. The number of carboxylic acid groups (broad SMARTS) is 1. The minimum atomic E-state index is -1.11. The molecule has 2 N–H and O–H groups in total. The Morgan fingerprint density at radius 1 is 1.29 bits per heavy atom. The molecule has 1 amide bonds. The Hall–Kier alpha value is -2.89. The van der Waals surface area contributed by atoms with Crippen LogP contribution in [0.4, 0.5) is 0 Å². The highest BCUT2D eigenvalue weighted by Crippen LogP contribution is 2.17. The number of carbonyl (C=O) groups is 2. The monoisotopic (exact) mass is 328 g/mol. The molecule has 2 rings (SSSR count). The highest BCUT2D eigenvalue weighted by atomic mass is 16.5. The van der Waals surface area contributed by atoms with E-state index in [9.17, 15) is 9.59 Å². The van der Waals surface area contributed by atoms with Crippen LogP contribution in [0.2, 0.25) is 0 Å². The number of aromatic nitrogens is 1. The lowest BCUT2D eigenvalue weighted by Gasteiger charge is -2.15. The van der Waals surface area contributed by atoms with Crippen LogP contribution < -0.4 is 10.1 Å². The molecule has 6 heteroatoms. The molecule has 0 radical (unpaired) electrons. The topological polar surface area (TPSA) is 88.5 Å². The number of pyridine rings is 1. The van der Waals surface area contributed by atoms with Gasteiger partial charge in [0, 0.05) is 29.9 Å². The van der Waals surface area contributed by atoms with Crippen LogP contribution in [0, 0.1) is 6.92 Å². The van der Waals surface area contributed by atoms with Gasteiger partial charge in [0.15, 0.2) is 0 Å². The first-order valence-corrected chi connectivity index (χ1v) is 7.54. The van der Waals surface area contributed by atoms with Crippen molar-refractivity contribution in [1.82, 2.24) is 10.3 Å². The number of nitrogens with zero attached hydrogens (tertiary/aromatic N) is 1. The molecule has 1 heterocycles. The van der Waals surface area contributed by atoms with E-state index < -0.39 is 5.97 Å². The van der Waals surface area contributed by atoms with Gasteiger partial charge in [-0.15, -0.1) is 0 Å². The second kappa shape index (κ2) is 7.59. The van der Waals surface area contributed by atoms with Gasteiger partial charge in [0.1, 0.15) is 5.75 Å². The fourth-order valence-electron chi connectivity index (χ4n) is 2.35. The summed E-state index contributed by atoms with van der Waals surface area (Å²) in [7, 11) is 1.43. The average molecular weight is 328 g/mol. The molecule has 0 spiro atoms. The standard InChI is InChI=1S/C18H20N2O4/c1-11-5-4-6-19-16(11)7-12(2)20-17(21)13-8-14(18(22)23)10-15(9-13)24-3/h4-6,8-10,12H,7H2,1-3H3,(H,20,21)(H,22,23). The number of rotatable bonds is 6. The number of amides is 1. The first kappa shape index (κ1) is 17.5. The summed E-state index contributed by atoms with van der Waals surface area (Å²) in [5.74, 6) is -1.13. The highest BCUT2D eigenvalue weighted by molar-refractivity contribution is 5.98. The van der Waals surface area contributed by atoms with Crippen molar-refractivity contribution in [1.29, 1.82) is 0 Å². The van der Waals surface area contributed by atoms with Crippen molar-refractivity contribution in [3.63, 3.8) is 0 Å². The molecule has 1 aromatic carbocycles. The van der Waals surface area contributed by atoms with Gasteiger partial charge in [-0.3, -0.25) is 9.78 Å². The lowest BCUT2D eigenvalue weighted by atomic mass is 10.1. The maximum Gasteiger partial charge on any atom is 0.335 e. The van der Waals surface area contributed by atoms with Crippen LogP contribution in [-0.2, 0) is 6.42 Å². The molecular weight excluding hydrogens is 308 g/mol. The molecule has 0 aliphatic rings. The summed E-state index contributed by atoms with van der Waals surface area (Å²) in [5, 5.41) is 12.0. The Bertz CT molecular complexity index is 758. The fraction of sp³-hybridized carbons (Fsp3) is 0.278. The second-order valence-electron chi connectivity index (χ2n) is 5.60. The van der Waals surface area contributed by atoms with Crippen molar-refractivity contribution in [2.24, 2.45) is 0 Å². The van der Waals surface area contributed by atoms with E-state index in [1.807, 2.05) is 26.0 Å². The molecule has 0 fully saturated rings. The number of benzene rings is 1. The summed E-state index contributed by atoms with van der Waals surface area (Å²) in [6, 6.07) is 7.91. The molecule has 1 unspecified atom stereocenters. The maximum atomic E-state index is 12.4. The first-order chi connectivity index (χ1) is 11.4. The van der Waals surface area contributed by atoms with Gasteiger partial charge in [0.05, 0.1) is 12.7 Å². The van der Waals surface area contributed by atoms with Gasteiger partial charge in [-0.2, -0.15) is 0 Å². The second-order valence-corrected chi connectivity index (χ2v) is 5.60. The van der Waals surface area contributed by atoms with E-state index in [1.165, 1.54) is 25.3 Å². The van der Waals surface area contributed by atoms with E-state index in [-0.39, 0.29) is 23.1 Å². The van der Waals surface area contributed by atoms with Gasteiger partial charge in [-0.05, 0) is 43.7 Å². The zero-order valence-corrected chi connectivity index (χ0v) is 13.9. The number of carboxylic acids is 1. The predicted molar refractivity (Wildman–Crippen MR) is 89.6 cm³/mol. The molecule has 2 aromatic rings. The largest absolute Gasteiger partial charge is 0.497 e. The third kappa shape index (κ3) is 4.32. The molecule has 6 nitrogen and oxygen atoms in total. The Kier molecular flexibility index (Phi) is 5.52. The number of carbonyl (C=O) groups excluding carboxylic acids is 1. The Labute approximate surface area is 140 Å². The van der Waals surface area contributed by atoms with Gasteiger partial charge in [0.25, 0.3) is 5.91 Å². The van der Waals surface area contributed by atoms with Crippen LogP contribution in [-0.4, -0.2) is 35.1 Å². The lowest BCUT2D eigenvalue weighted by Crippen LogP contribution is -2.34. The van der Waals surface area contributed by atoms with Crippen LogP contribution in [0.1, 0.15) is 38.9 Å². The summed E-state index contributed by atoms with van der Waals surface area (Å²) in [4.78, 5) is 27.9. The van der Waals surface area contributed by atoms with Crippen molar-refractivity contribution in [3.8, 4) is 5.75 Å². The van der Waals surface area contributed by atoms with Crippen molar-refractivity contribution in [2.75, 3.05) is 7.11 Å². The summed E-state index contributed by atoms with van der Waals surface area (Å²) >= 11 is 0. The Balaban J connectivity index is 2.13. The summed E-state index contributed by atoms with van der Waals surface area (Å²) < 4.78 is 5.06. The third-order valence-corrected chi connectivity index (χ3v) is 3.65. The van der Waals surface area contributed by atoms with E-state index in [4.69, 9.17) is 9.84 Å². The third-order valence-electron chi connectivity index (χ3n) is 3.65. The van der Waals surface area contributed by atoms with E-state index in [0.29, 0.717) is 12.2 Å². The molecule has 1 aromatic heterocycles. The fourth-order valence-corrected chi connectivity index (χ4v) is 2.35. The van der Waals surface area contributed by atoms with E-state index in [1.54, 1.807) is 6.20 Å². The molecule has 0 saturated carbocycles. The lowest BCUT2D eigenvalue weighted by molar-refractivity contribution is 0.0696. The van der Waals surface area contributed by atoms with Gasteiger partial charge >= 0.3 is 5.97 Å². The predicted octanol–water partition coefficient (Wildman–Crippen LogP) is 2.46. The first-order valence-electron chi connectivity index (χ1n) is 7.54. The van der Waals surface area contributed by atoms with Crippen molar-refractivity contribution < 1.29 is 19.4 Å². The van der Waals surface area contributed by atoms with Crippen LogP contribution in [0.25, 0.3) is 0 Å². The minimum Gasteiger partial charge on any atom is -0.497 e. The molecular formula is C18H20N2O4. The molecule has 0 saturated heterocycles. The van der Waals surface area contributed by atoms with Crippen LogP contribution >= 0.6 is 0 Å². The highest BCUT2D eigenvalue weighted by Gasteiger charge is 2.15. The van der Waals surface area contributed by atoms with E-state index in [2.05, 4.69) is 10.3 Å². The molecule has 126 valence electrons. The SMILES string of the molecule is COc1cc(C(=O)O)cc(C(=O)NC(C)Cc2ncccc2C)c1. The average Bonchev–Trinajstić information content (AvgIpc) is 2.56. The van der Waals surface area contributed by atoms with Crippen LogP contribution in [0.3, 0.4) is 0 Å². The molecule has 0 aliphatic heterocycles. The molecule has 1 atom stereocenters. The Morgan fingerprint density at radius 3 is 2.62 bits per heavy atom. The number of methoxy groups -OCH3 is 1. The van der Waals surface area contributed by atoms with Crippen molar-refractivity contribution in [2.45, 2.75) is 26.3 Å². The van der Waals surface area contributed by atoms with Crippen LogP contribution in [0.15, 0.2) is 36.5 Å². The number of ether oxygens (including phenoxy) is 1. The molecule has 0 aliphatic carbocycles. The number of aromatic carboxylic acids is 1. The molecule has 24 heavy (non-hydrogen) atoms. The normalized spacial score (nSPS) is 11.6. The minimum absolute atomic E-state index is 0.00715. The van der Waals surface area contributed by atoms with Gasteiger partial charge < -0.3 is 15.2 Å². The number of hydrogen-bond donors (Lipinski definition) is 2. The number of nitrogens with one attached hydrogen (secondary N) is 1. The smallest absolute Gasteiger partial charge is 0.335 e. The van der Waals surface area contributed by atoms with E-state index in [0.717, 1.165) is 11.3 Å². The summed E-state index contributed by atoms with van der Waals surface area (Å²) in [6.45, 7) is 3.85. The maximum absolute atomic E-state index is 12.4.